The molecule has 7 heteroatoms. The van der Waals surface area contributed by atoms with Crippen LogP contribution in [-0.2, 0) is 0 Å². The highest BCUT2D eigenvalue weighted by Crippen LogP contribution is 2.23. The van der Waals surface area contributed by atoms with E-state index in [-0.39, 0.29) is 5.89 Å². The molecule has 0 spiro atoms. The number of halogens is 2. The van der Waals surface area contributed by atoms with Crippen LogP contribution in [0.2, 0.25) is 0 Å². The van der Waals surface area contributed by atoms with Crippen LogP contribution in [0.15, 0.2) is 27.1 Å². The number of rotatable bonds is 2. The van der Waals surface area contributed by atoms with E-state index in [1.807, 2.05) is 0 Å². The maximum atomic E-state index is 13.0. The van der Waals surface area contributed by atoms with Crippen LogP contribution in [0.3, 0.4) is 0 Å². The van der Waals surface area contributed by atoms with Gasteiger partial charge in [-0.25, -0.2) is 9.18 Å². The zero-order valence-corrected chi connectivity index (χ0v) is 9.23. The van der Waals surface area contributed by atoms with Crippen LogP contribution >= 0.6 is 15.9 Å². The van der Waals surface area contributed by atoms with E-state index in [9.17, 15) is 9.18 Å². The van der Waals surface area contributed by atoms with E-state index in [1.165, 1.54) is 12.1 Å². The van der Waals surface area contributed by atoms with Crippen molar-refractivity contribution in [3.05, 3.63) is 34.4 Å². The molecule has 0 aliphatic rings. The lowest BCUT2D eigenvalue weighted by atomic mass is 10.2. The van der Waals surface area contributed by atoms with E-state index in [1.54, 1.807) is 6.07 Å². The van der Waals surface area contributed by atoms with Gasteiger partial charge in [0.05, 0.1) is 0 Å². The van der Waals surface area contributed by atoms with E-state index in [0.29, 0.717) is 10.0 Å². The van der Waals surface area contributed by atoms with Crippen molar-refractivity contribution in [3.63, 3.8) is 0 Å². The number of carboxylic acids is 1. The van der Waals surface area contributed by atoms with Crippen LogP contribution < -0.4 is 0 Å². The Morgan fingerprint density at radius 1 is 1.38 bits per heavy atom. The van der Waals surface area contributed by atoms with Crippen LogP contribution in [0.1, 0.15) is 10.7 Å². The van der Waals surface area contributed by atoms with Gasteiger partial charge in [-0.2, -0.15) is 0 Å². The number of benzene rings is 1. The Hall–Kier alpha value is -1.76. The van der Waals surface area contributed by atoms with Crippen molar-refractivity contribution in [2.45, 2.75) is 0 Å². The molecule has 0 atom stereocenters. The summed E-state index contributed by atoms with van der Waals surface area (Å²) < 4.78 is 18.4. The van der Waals surface area contributed by atoms with Gasteiger partial charge in [0.1, 0.15) is 5.82 Å². The van der Waals surface area contributed by atoms with Gasteiger partial charge in [0.2, 0.25) is 5.89 Å². The van der Waals surface area contributed by atoms with Gasteiger partial charge in [0.25, 0.3) is 0 Å². The summed E-state index contributed by atoms with van der Waals surface area (Å²) in [5.74, 6) is -2.39. The van der Waals surface area contributed by atoms with Gasteiger partial charge in [0.15, 0.2) is 0 Å². The molecule has 1 aromatic carbocycles. The molecule has 0 saturated heterocycles. The van der Waals surface area contributed by atoms with Crippen LogP contribution in [0.25, 0.3) is 11.5 Å². The second kappa shape index (κ2) is 4.01. The fraction of sp³-hybridized carbons (Fsp3) is 0. The summed E-state index contributed by atoms with van der Waals surface area (Å²) in [5.41, 5.74) is 0.312. The molecule has 0 amide bonds. The van der Waals surface area contributed by atoms with Crippen molar-refractivity contribution >= 4 is 21.9 Å². The number of hydrogen-bond acceptors (Lipinski definition) is 4. The molecule has 82 valence electrons. The van der Waals surface area contributed by atoms with Crippen molar-refractivity contribution in [2.75, 3.05) is 0 Å². The molecule has 2 aromatic rings. The van der Waals surface area contributed by atoms with Crippen molar-refractivity contribution in [1.29, 1.82) is 0 Å². The molecule has 1 heterocycles. The number of carboxylic acid groups (broad SMARTS) is 1. The maximum Gasteiger partial charge on any atom is 0.393 e. The van der Waals surface area contributed by atoms with E-state index in [2.05, 4.69) is 26.1 Å². The Labute approximate surface area is 97.0 Å². The van der Waals surface area contributed by atoms with Crippen molar-refractivity contribution in [3.8, 4) is 11.5 Å². The lowest BCUT2D eigenvalue weighted by Gasteiger charge is -1.96. The SMILES string of the molecule is O=C(O)c1nnc(-c2cc(F)cc(Br)c2)o1. The second-order valence-corrected chi connectivity index (χ2v) is 3.79. The summed E-state index contributed by atoms with van der Waals surface area (Å²) in [4.78, 5) is 10.5. The molecule has 0 saturated carbocycles. The molecular weight excluding hydrogens is 283 g/mol. The molecule has 0 fully saturated rings. The number of hydrogen-bond donors (Lipinski definition) is 1. The third-order valence-electron chi connectivity index (χ3n) is 1.72. The van der Waals surface area contributed by atoms with Gasteiger partial charge < -0.3 is 9.52 Å². The van der Waals surface area contributed by atoms with E-state index >= 15 is 0 Å². The minimum Gasteiger partial charge on any atom is -0.474 e. The lowest BCUT2D eigenvalue weighted by molar-refractivity contribution is 0.0654. The van der Waals surface area contributed by atoms with Gasteiger partial charge in [-0.05, 0) is 18.2 Å². The zero-order chi connectivity index (χ0) is 11.7. The third kappa shape index (κ3) is 2.08. The first-order valence-corrected chi connectivity index (χ1v) is 4.89. The Morgan fingerprint density at radius 2 is 2.12 bits per heavy atom. The molecule has 16 heavy (non-hydrogen) atoms. The maximum absolute atomic E-state index is 13.0. The van der Waals surface area contributed by atoms with Gasteiger partial charge in [-0.15, -0.1) is 10.2 Å². The van der Waals surface area contributed by atoms with E-state index in [4.69, 9.17) is 9.52 Å². The molecule has 0 unspecified atom stereocenters. The van der Waals surface area contributed by atoms with E-state index < -0.39 is 17.7 Å². The molecule has 0 bridgehead atoms. The zero-order valence-electron chi connectivity index (χ0n) is 7.65. The summed E-state index contributed by atoms with van der Waals surface area (Å²) >= 11 is 3.10. The first-order chi connectivity index (χ1) is 7.56. The Morgan fingerprint density at radius 3 is 2.69 bits per heavy atom. The summed E-state index contributed by atoms with van der Waals surface area (Å²) in [6, 6.07) is 3.98. The predicted octanol–water partition coefficient (Wildman–Crippen LogP) is 2.34. The number of aromatic carboxylic acids is 1. The molecule has 2 rings (SSSR count). The van der Waals surface area contributed by atoms with Gasteiger partial charge >= 0.3 is 11.9 Å². The predicted molar refractivity (Wildman–Crippen MR) is 54.4 cm³/mol. The fourth-order valence-electron chi connectivity index (χ4n) is 1.10. The molecule has 1 aromatic heterocycles. The Bertz CT molecular complexity index is 535. The van der Waals surface area contributed by atoms with Crippen molar-refractivity contribution < 1.29 is 18.7 Å². The molecule has 0 aliphatic carbocycles. The minimum atomic E-state index is -1.32. The van der Waals surface area contributed by atoms with Crippen molar-refractivity contribution in [1.82, 2.24) is 10.2 Å². The average molecular weight is 287 g/mol. The summed E-state index contributed by atoms with van der Waals surface area (Å²) in [6.07, 6.45) is 0. The highest BCUT2D eigenvalue weighted by Gasteiger charge is 2.15. The summed E-state index contributed by atoms with van der Waals surface area (Å²) in [6.45, 7) is 0. The smallest absolute Gasteiger partial charge is 0.393 e. The van der Waals surface area contributed by atoms with E-state index in [0.717, 1.165) is 0 Å². The van der Waals surface area contributed by atoms with Crippen LogP contribution in [0.5, 0.6) is 0 Å². The van der Waals surface area contributed by atoms with Gasteiger partial charge in [-0.1, -0.05) is 15.9 Å². The second-order valence-electron chi connectivity index (χ2n) is 2.88. The summed E-state index contributed by atoms with van der Waals surface area (Å²) in [5, 5.41) is 15.4. The first kappa shape index (κ1) is 10.7. The third-order valence-corrected chi connectivity index (χ3v) is 2.18. The van der Waals surface area contributed by atoms with Crippen molar-refractivity contribution in [2.24, 2.45) is 0 Å². The van der Waals surface area contributed by atoms with Crippen LogP contribution in [0.4, 0.5) is 4.39 Å². The quantitative estimate of drug-likeness (QED) is 0.917. The highest BCUT2D eigenvalue weighted by atomic mass is 79.9. The first-order valence-electron chi connectivity index (χ1n) is 4.09. The number of aromatic nitrogens is 2. The highest BCUT2D eigenvalue weighted by molar-refractivity contribution is 9.10. The Balaban J connectivity index is 2.46. The Kier molecular flexibility index (Phi) is 2.69. The number of nitrogens with zero attached hydrogens (tertiary/aromatic N) is 2. The van der Waals surface area contributed by atoms with Gasteiger partial charge in [-0.3, -0.25) is 0 Å². The van der Waals surface area contributed by atoms with Crippen LogP contribution in [-0.4, -0.2) is 21.3 Å². The van der Waals surface area contributed by atoms with Crippen LogP contribution in [0, 0.1) is 5.82 Å². The average Bonchev–Trinajstić information content (AvgIpc) is 2.64. The number of carbonyl (C=O) groups is 1. The minimum absolute atomic E-state index is 0.0439. The summed E-state index contributed by atoms with van der Waals surface area (Å²) in [7, 11) is 0. The fourth-order valence-corrected chi connectivity index (χ4v) is 1.57. The standard InChI is InChI=1S/C9H4BrFN2O3/c10-5-1-4(2-6(11)3-5)7-12-13-8(16-7)9(14)15/h1-3H,(H,14,15). The lowest BCUT2D eigenvalue weighted by Crippen LogP contribution is -1.95. The topological polar surface area (TPSA) is 76.2 Å². The molecule has 0 aliphatic heterocycles. The normalized spacial score (nSPS) is 10.4. The molecular formula is C9H4BrFN2O3. The molecule has 0 radical (unpaired) electrons. The van der Waals surface area contributed by atoms with Gasteiger partial charge in [0, 0.05) is 10.0 Å². The molecule has 5 nitrogen and oxygen atoms in total. The monoisotopic (exact) mass is 286 g/mol. The molecule has 1 N–H and O–H groups in total. The largest absolute Gasteiger partial charge is 0.474 e.